The lowest BCUT2D eigenvalue weighted by atomic mass is 9.84. The molecule has 518 valence electrons. The molecule has 0 bridgehead atoms. The fourth-order valence-electron chi connectivity index (χ4n) is 11.2. The monoisotopic (exact) mass is 1300 g/mol. The first kappa shape index (κ1) is 78.7. The number of esters is 2. The summed E-state index contributed by atoms with van der Waals surface area (Å²) in [6, 6.07) is 0. The lowest BCUT2D eigenvalue weighted by Crippen LogP contribution is -2.69. The average Bonchev–Trinajstić information content (AvgIpc) is 1.68. The Morgan fingerprint density at radius 3 is 1.16 bits per heavy atom. The van der Waals surface area contributed by atoms with Crippen LogP contribution < -0.4 is 0 Å². The van der Waals surface area contributed by atoms with Gasteiger partial charge in [-0.15, -0.1) is 0 Å². The number of aliphatic hydroxyl groups is 14. The summed E-state index contributed by atoms with van der Waals surface area (Å²) in [4.78, 5) is 37.8. The molecule has 4 aliphatic rings. The molecule has 1 saturated carbocycles. The van der Waals surface area contributed by atoms with Crippen LogP contribution in [0.25, 0.3) is 0 Å². The van der Waals surface area contributed by atoms with Crippen molar-refractivity contribution in [3.8, 4) is 0 Å². The molecule has 3 aliphatic heterocycles. The first-order valence-corrected chi connectivity index (χ1v) is 33.9. The predicted octanol–water partition coefficient (Wildman–Crippen LogP) is 1.20. The number of hydrogen-bond donors (Lipinski definition) is 15. The van der Waals surface area contributed by atoms with Crippen LogP contribution in [0.1, 0.15) is 194 Å². The highest BCUT2D eigenvalue weighted by atomic mass is 31.2. The summed E-state index contributed by atoms with van der Waals surface area (Å²) >= 11 is 0. The topological polar surface area (TPSA) is 447 Å². The summed E-state index contributed by atoms with van der Waals surface area (Å²) in [5, 5.41) is 150. The first-order chi connectivity index (χ1) is 42.1. The molecule has 0 aromatic carbocycles. The molecule has 0 radical (unpaired) electrons. The third-order valence-electron chi connectivity index (χ3n) is 16.8. The fourth-order valence-corrected chi connectivity index (χ4v) is 12.2. The second-order valence-electron chi connectivity index (χ2n) is 24.0. The number of carbonyl (C=O) groups excluding carboxylic acids is 2. The number of unbranched alkanes of at least 4 members (excludes halogenated alkanes) is 24. The number of rotatable bonds is 45. The van der Waals surface area contributed by atoms with E-state index in [0.29, 0.717) is 19.3 Å². The van der Waals surface area contributed by atoms with Crippen LogP contribution in [-0.4, -0.2) is 256 Å². The van der Waals surface area contributed by atoms with Gasteiger partial charge >= 0.3 is 19.8 Å². The van der Waals surface area contributed by atoms with Gasteiger partial charge in [-0.05, 0) is 12.8 Å². The molecule has 29 heteroatoms. The third-order valence-corrected chi connectivity index (χ3v) is 17.8. The van der Waals surface area contributed by atoms with E-state index < -0.39 is 188 Å². The van der Waals surface area contributed by atoms with Gasteiger partial charge in [-0.3, -0.25) is 18.6 Å². The van der Waals surface area contributed by atoms with Crippen molar-refractivity contribution in [2.24, 2.45) is 0 Å². The van der Waals surface area contributed by atoms with E-state index in [4.69, 9.17) is 46.9 Å². The minimum atomic E-state index is -5.74. The highest BCUT2D eigenvalue weighted by Gasteiger charge is 2.58. The zero-order valence-corrected chi connectivity index (χ0v) is 52.4. The van der Waals surface area contributed by atoms with Crippen LogP contribution in [0.5, 0.6) is 0 Å². The Hall–Kier alpha value is -1.75. The van der Waals surface area contributed by atoms with Crippen molar-refractivity contribution in [3.05, 3.63) is 0 Å². The van der Waals surface area contributed by atoms with Crippen molar-refractivity contribution in [2.75, 3.05) is 33.0 Å². The molecule has 23 atom stereocenters. The van der Waals surface area contributed by atoms with Gasteiger partial charge in [-0.2, -0.15) is 0 Å². The number of aliphatic hydroxyl groups excluding tert-OH is 14. The highest BCUT2D eigenvalue weighted by molar-refractivity contribution is 7.47. The minimum Gasteiger partial charge on any atom is -0.462 e. The molecular formula is C59H109O28P. The Kier molecular flexibility index (Phi) is 38.1. The summed E-state index contributed by atoms with van der Waals surface area (Å²) < 4.78 is 69.8. The molecule has 0 spiro atoms. The van der Waals surface area contributed by atoms with Crippen LogP contribution in [-0.2, 0) is 61.1 Å². The maximum atomic E-state index is 14.2. The van der Waals surface area contributed by atoms with Crippen LogP contribution in [0.2, 0.25) is 0 Å². The summed E-state index contributed by atoms with van der Waals surface area (Å²) in [6.45, 7) is 0.0546. The zero-order valence-electron chi connectivity index (χ0n) is 51.5. The fraction of sp³-hybridized carbons (Fsp3) is 0.966. The van der Waals surface area contributed by atoms with Crippen LogP contribution >= 0.6 is 7.82 Å². The van der Waals surface area contributed by atoms with Crippen molar-refractivity contribution in [3.63, 3.8) is 0 Å². The van der Waals surface area contributed by atoms with Gasteiger partial charge in [-0.25, -0.2) is 4.57 Å². The van der Waals surface area contributed by atoms with Crippen LogP contribution in [0, 0.1) is 0 Å². The molecule has 1 aliphatic carbocycles. The molecule has 4 rings (SSSR count). The first-order valence-electron chi connectivity index (χ1n) is 32.4. The molecule has 3 saturated heterocycles. The number of hydrogen-bond acceptors (Lipinski definition) is 27. The molecule has 88 heavy (non-hydrogen) atoms. The lowest BCUT2D eigenvalue weighted by Gasteiger charge is -2.49. The van der Waals surface area contributed by atoms with Gasteiger partial charge < -0.3 is 114 Å². The second kappa shape index (κ2) is 42.6. The Labute approximate surface area is 517 Å². The number of phosphoric acid groups is 1. The second-order valence-corrected chi connectivity index (χ2v) is 25.4. The molecule has 0 amide bonds. The van der Waals surface area contributed by atoms with E-state index in [0.717, 1.165) is 57.8 Å². The number of carbonyl (C=O) groups is 2. The van der Waals surface area contributed by atoms with Gasteiger partial charge in [0.05, 0.1) is 26.4 Å². The number of ether oxygens (including phenoxy) is 8. The zero-order chi connectivity index (χ0) is 64.8. The van der Waals surface area contributed by atoms with Crippen molar-refractivity contribution in [1.82, 2.24) is 0 Å². The molecular weight excluding hydrogens is 1190 g/mol. The van der Waals surface area contributed by atoms with E-state index in [2.05, 4.69) is 13.8 Å². The predicted molar refractivity (Wildman–Crippen MR) is 310 cm³/mol. The molecule has 4 fully saturated rings. The molecule has 0 aromatic rings. The van der Waals surface area contributed by atoms with E-state index >= 15 is 0 Å². The molecule has 0 aromatic heterocycles. The normalized spacial score (nSPS) is 34.7. The smallest absolute Gasteiger partial charge is 0.462 e. The van der Waals surface area contributed by atoms with Gasteiger partial charge in [0, 0.05) is 12.8 Å². The van der Waals surface area contributed by atoms with Crippen molar-refractivity contribution in [2.45, 2.75) is 328 Å². The lowest BCUT2D eigenvalue weighted by molar-refractivity contribution is -0.364. The molecule has 3 heterocycles. The largest absolute Gasteiger partial charge is 0.472 e. The standard InChI is InChI=1S/C59H109O28P/c1-3-5-7-9-11-13-15-16-17-18-20-21-23-25-27-29-40(62)78-33-36(81-41(63)30-28-26-24-22-19-14-12-10-8-6-4-2)34-80-88(76,77)87-56-54(85-58-52(74)46(68)43(65)38(32-61)83-58)49(71)48(70)50(72)55(56)86-59-53(75)47(69)44(66)39(84-59)35-79-57-51(73)45(67)42(64)37(31-60)82-57/h36-39,42-61,64-75H,3-35H2,1-2H3,(H,76,77)/t36-,37?,38?,39?,42+,43-,44+,45?,46?,47?,48+,49?,50?,51+,52-,53+,54-,55?,56+,57-,58-,59+/m1/s1. The van der Waals surface area contributed by atoms with E-state index in [1.807, 2.05) is 0 Å². The van der Waals surface area contributed by atoms with Crippen molar-refractivity contribution in [1.29, 1.82) is 0 Å². The van der Waals surface area contributed by atoms with E-state index in [1.54, 1.807) is 0 Å². The van der Waals surface area contributed by atoms with Gasteiger partial charge in [0.2, 0.25) is 0 Å². The van der Waals surface area contributed by atoms with Gasteiger partial charge in [-0.1, -0.05) is 168 Å². The average molecular weight is 1300 g/mol. The SMILES string of the molecule is CCCCCCCCCCCCCCCCCC(=O)OC[C@H](COP(=O)(O)O[C@@H]1C(O[C@@H]2OC(CO[C@@H]3OC(CO)[C@H](O)C(O)[C@@H]3O)[C@H](O)C(O)[C@@H]2O)C(O)[C@@H](O)C(O)[C@H]1O[C@H]1OC(CO)[C@@H](O)C(O)[C@H]1O)OC(=O)CCCCCCCCCCCCC. The minimum absolute atomic E-state index is 0.0247. The van der Waals surface area contributed by atoms with Crippen LogP contribution in [0.3, 0.4) is 0 Å². The maximum absolute atomic E-state index is 14.2. The Balaban J connectivity index is 1.49. The van der Waals surface area contributed by atoms with E-state index in [9.17, 15) is 90.5 Å². The number of phosphoric ester groups is 1. The quantitative estimate of drug-likeness (QED) is 0.0231. The molecule has 28 nitrogen and oxygen atoms in total. The highest BCUT2D eigenvalue weighted by Crippen LogP contribution is 2.49. The summed E-state index contributed by atoms with van der Waals surface area (Å²) in [5.41, 5.74) is 0. The van der Waals surface area contributed by atoms with Gasteiger partial charge in [0.15, 0.2) is 25.0 Å². The third kappa shape index (κ3) is 26.2. The molecule has 10 unspecified atom stereocenters. The maximum Gasteiger partial charge on any atom is 0.472 e. The van der Waals surface area contributed by atoms with Crippen molar-refractivity contribution >= 4 is 19.8 Å². The molecule has 15 N–H and O–H groups in total. The van der Waals surface area contributed by atoms with E-state index in [-0.39, 0.29) is 12.8 Å². The van der Waals surface area contributed by atoms with Gasteiger partial charge in [0.1, 0.15) is 116 Å². The van der Waals surface area contributed by atoms with Crippen LogP contribution in [0.4, 0.5) is 0 Å². The summed E-state index contributed by atoms with van der Waals surface area (Å²) in [5.74, 6) is -1.39. The van der Waals surface area contributed by atoms with Gasteiger partial charge in [0.25, 0.3) is 0 Å². The van der Waals surface area contributed by atoms with Crippen LogP contribution in [0.15, 0.2) is 0 Å². The Bertz CT molecular complexity index is 1910. The summed E-state index contributed by atoms with van der Waals surface area (Å²) in [7, 11) is -5.74. The van der Waals surface area contributed by atoms with Crippen molar-refractivity contribution < 1.29 is 137 Å². The Morgan fingerprint density at radius 1 is 0.409 bits per heavy atom. The van der Waals surface area contributed by atoms with E-state index in [1.165, 1.54) is 89.9 Å². The Morgan fingerprint density at radius 2 is 0.750 bits per heavy atom. The summed E-state index contributed by atoms with van der Waals surface area (Å²) in [6.07, 6.45) is -17.4.